The van der Waals surface area contributed by atoms with Crippen LogP contribution in [0.1, 0.15) is 64.7 Å². The van der Waals surface area contributed by atoms with Crippen molar-refractivity contribution >= 4 is 10.2 Å². The zero-order valence-corrected chi connectivity index (χ0v) is 13.4. The molecule has 1 saturated carbocycles. The molecule has 2 atom stereocenters. The minimum atomic E-state index is -3.23. The highest BCUT2D eigenvalue weighted by Gasteiger charge is 2.43. The van der Waals surface area contributed by atoms with Gasteiger partial charge in [0, 0.05) is 25.2 Å². The minimum absolute atomic E-state index is 0.179. The molecule has 0 aromatic carbocycles. The molecule has 2 heterocycles. The second-order valence-electron chi connectivity index (χ2n) is 6.83. The molecule has 0 aromatic rings. The molecule has 2 saturated heterocycles. The summed E-state index contributed by atoms with van der Waals surface area (Å²) in [5.41, 5.74) is 0. The van der Waals surface area contributed by atoms with Gasteiger partial charge >= 0.3 is 0 Å². The first-order valence-corrected chi connectivity index (χ1v) is 9.79. The third kappa shape index (κ3) is 2.64. The summed E-state index contributed by atoms with van der Waals surface area (Å²) < 4.78 is 29.7. The van der Waals surface area contributed by atoms with Gasteiger partial charge in [0.1, 0.15) is 0 Å². The van der Waals surface area contributed by atoms with Crippen LogP contribution in [0.5, 0.6) is 0 Å². The van der Waals surface area contributed by atoms with E-state index >= 15 is 0 Å². The molecule has 0 radical (unpaired) electrons. The van der Waals surface area contributed by atoms with Crippen LogP contribution < -0.4 is 0 Å². The van der Waals surface area contributed by atoms with E-state index in [2.05, 4.69) is 6.92 Å². The second-order valence-corrected chi connectivity index (χ2v) is 8.66. The van der Waals surface area contributed by atoms with Crippen molar-refractivity contribution in [3.63, 3.8) is 0 Å². The summed E-state index contributed by atoms with van der Waals surface area (Å²) in [6, 6.07) is 0.468. The zero-order valence-electron chi connectivity index (χ0n) is 12.6. The van der Waals surface area contributed by atoms with Crippen LogP contribution in [-0.4, -0.2) is 42.2 Å². The van der Waals surface area contributed by atoms with Crippen LogP contribution >= 0.6 is 0 Å². The lowest BCUT2D eigenvalue weighted by Crippen LogP contribution is -2.52. The lowest BCUT2D eigenvalue weighted by atomic mass is 9.97. The van der Waals surface area contributed by atoms with E-state index in [1.54, 1.807) is 4.31 Å². The number of rotatable bonds is 3. The van der Waals surface area contributed by atoms with Crippen LogP contribution in [0.15, 0.2) is 0 Å². The van der Waals surface area contributed by atoms with E-state index in [1.165, 1.54) is 32.1 Å². The first-order valence-electron chi connectivity index (χ1n) is 8.39. The SMILES string of the molecule is CC1CCCCN1S(=O)(=O)N1CCCC1C1CCCC1. The molecule has 0 N–H and O–H groups in total. The Labute approximate surface area is 123 Å². The van der Waals surface area contributed by atoms with Crippen molar-refractivity contribution in [1.29, 1.82) is 0 Å². The van der Waals surface area contributed by atoms with Crippen LogP contribution in [0.2, 0.25) is 0 Å². The molecule has 3 fully saturated rings. The van der Waals surface area contributed by atoms with Gasteiger partial charge in [0.05, 0.1) is 0 Å². The van der Waals surface area contributed by atoms with Crippen LogP contribution in [0.4, 0.5) is 0 Å². The maximum atomic E-state index is 13.0. The van der Waals surface area contributed by atoms with Crippen LogP contribution in [0.3, 0.4) is 0 Å². The summed E-state index contributed by atoms with van der Waals surface area (Å²) in [5, 5.41) is 0. The third-order valence-corrected chi connectivity index (χ3v) is 7.71. The topological polar surface area (TPSA) is 40.6 Å². The molecule has 116 valence electrons. The molecule has 2 unspecified atom stereocenters. The molecular formula is C15H28N2O2S. The fraction of sp³-hybridized carbons (Fsp3) is 1.00. The van der Waals surface area contributed by atoms with Gasteiger partial charge in [0.15, 0.2) is 0 Å². The third-order valence-electron chi connectivity index (χ3n) is 5.53. The summed E-state index contributed by atoms with van der Waals surface area (Å²) in [5.74, 6) is 0.618. The van der Waals surface area contributed by atoms with E-state index < -0.39 is 10.2 Å². The standard InChI is InChI=1S/C15H28N2O2S/c1-13-7-4-5-11-16(13)20(18,19)17-12-6-10-15(17)14-8-2-3-9-14/h13-15H,2-12H2,1H3. The van der Waals surface area contributed by atoms with Gasteiger partial charge in [-0.3, -0.25) is 0 Å². The van der Waals surface area contributed by atoms with Gasteiger partial charge in [-0.05, 0) is 51.4 Å². The van der Waals surface area contributed by atoms with Crippen molar-refractivity contribution in [3.05, 3.63) is 0 Å². The monoisotopic (exact) mass is 300 g/mol. The fourth-order valence-electron chi connectivity index (χ4n) is 4.41. The van der Waals surface area contributed by atoms with E-state index in [-0.39, 0.29) is 12.1 Å². The second kappa shape index (κ2) is 5.93. The number of nitrogens with zero attached hydrogens (tertiary/aromatic N) is 2. The van der Waals surface area contributed by atoms with Gasteiger partial charge in [0.2, 0.25) is 0 Å². The Balaban J connectivity index is 1.78. The van der Waals surface area contributed by atoms with Crippen LogP contribution in [0.25, 0.3) is 0 Å². The Kier molecular flexibility index (Phi) is 4.39. The average Bonchev–Trinajstić information content (AvgIpc) is 3.10. The van der Waals surface area contributed by atoms with Crippen molar-refractivity contribution in [2.45, 2.75) is 76.8 Å². The number of piperidine rings is 1. The molecule has 0 amide bonds. The van der Waals surface area contributed by atoms with Crippen molar-refractivity contribution in [2.24, 2.45) is 5.92 Å². The summed E-state index contributed by atoms with van der Waals surface area (Å²) in [7, 11) is -3.23. The van der Waals surface area contributed by atoms with Gasteiger partial charge in [-0.15, -0.1) is 0 Å². The van der Waals surface area contributed by atoms with Gasteiger partial charge in [-0.2, -0.15) is 17.0 Å². The molecule has 1 aliphatic carbocycles. The van der Waals surface area contributed by atoms with Crippen molar-refractivity contribution in [2.75, 3.05) is 13.1 Å². The molecule has 5 heteroatoms. The Morgan fingerprint density at radius 2 is 1.45 bits per heavy atom. The van der Waals surface area contributed by atoms with Gasteiger partial charge < -0.3 is 0 Å². The summed E-state index contributed by atoms with van der Waals surface area (Å²) >= 11 is 0. The van der Waals surface area contributed by atoms with E-state index in [4.69, 9.17) is 0 Å². The first kappa shape index (κ1) is 14.8. The molecule has 20 heavy (non-hydrogen) atoms. The first-order chi connectivity index (χ1) is 9.60. The Morgan fingerprint density at radius 1 is 0.800 bits per heavy atom. The van der Waals surface area contributed by atoms with E-state index in [9.17, 15) is 8.42 Å². The molecule has 3 aliphatic rings. The number of hydrogen-bond acceptors (Lipinski definition) is 2. The van der Waals surface area contributed by atoms with Crippen molar-refractivity contribution in [3.8, 4) is 0 Å². The smallest absolute Gasteiger partial charge is 0.195 e. The maximum Gasteiger partial charge on any atom is 0.282 e. The van der Waals surface area contributed by atoms with Gasteiger partial charge in [-0.25, -0.2) is 0 Å². The predicted octanol–water partition coefficient (Wildman–Crippen LogP) is 2.76. The highest BCUT2D eigenvalue weighted by molar-refractivity contribution is 7.86. The largest absolute Gasteiger partial charge is 0.282 e. The van der Waals surface area contributed by atoms with E-state index in [0.29, 0.717) is 5.92 Å². The van der Waals surface area contributed by atoms with Gasteiger partial charge in [-0.1, -0.05) is 19.3 Å². The highest BCUT2D eigenvalue weighted by Crippen LogP contribution is 2.38. The van der Waals surface area contributed by atoms with Crippen LogP contribution in [-0.2, 0) is 10.2 Å². The summed E-state index contributed by atoms with van der Waals surface area (Å²) in [6.45, 7) is 3.53. The lowest BCUT2D eigenvalue weighted by molar-refractivity contribution is 0.222. The fourth-order valence-corrected chi connectivity index (χ4v) is 6.58. The van der Waals surface area contributed by atoms with Crippen molar-refractivity contribution < 1.29 is 8.42 Å². The molecule has 2 aliphatic heterocycles. The predicted molar refractivity (Wildman–Crippen MR) is 80.6 cm³/mol. The van der Waals surface area contributed by atoms with E-state index in [0.717, 1.165) is 38.8 Å². The van der Waals surface area contributed by atoms with Crippen molar-refractivity contribution in [1.82, 2.24) is 8.61 Å². The molecule has 4 nitrogen and oxygen atoms in total. The van der Waals surface area contributed by atoms with Crippen LogP contribution in [0, 0.1) is 5.92 Å². The normalized spacial score (nSPS) is 34.9. The Bertz CT molecular complexity index is 431. The molecule has 0 spiro atoms. The minimum Gasteiger partial charge on any atom is -0.195 e. The summed E-state index contributed by atoms with van der Waals surface area (Å²) in [4.78, 5) is 0. The quantitative estimate of drug-likeness (QED) is 0.804. The van der Waals surface area contributed by atoms with E-state index in [1.807, 2.05) is 4.31 Å². The zero-order chi connectivity index (χ0) is 14.2. The molecule has 0 bridgehead atoms. The average molecular weight is 300 g/mol. The lowest BCUT2D eigenvalue weighted by Gasteiger charge is -2.38. The Hall–Kier alpha value is -0.130. The van der Waals surface area contributed by atoms with Gasteiger partial charge in [0.25, 0.3) is 10.2 Å². The Morgan fingerprint density at radius 3 is 2.15 bits per heavy atom. The maximum absolute atomic E-state index is 13.0. The molecule has 3 rings (SSSR count). The molecular weight excluding hydrogens is 272 g/mol. The molecule has 0 aromatic heterocycles. The highest BCUT2D eigenvalue weighted by atomic mass is 32.2. The summed E-state index contributed by atoms with van der Waals surface area (Å²) in [6.07, 6.45) is 10.4. The number of hydrogen-bond donors (Lipinski definition) is 0.